The van der Waals surface area contributed by atoms with Crippen LogP contribution in [0, 0.1) is 0 Å². The molecule has 1 nitrogen and oxygen atoms in total. The van der Waals surface area contributed by atoms with Gasteiger partial charge in [-0.1, -0.05) is 160 Å². The van der Waals surface area contributed by atoms with Crippen LogP contribution >= 0.6 is 0 Å². The molecule has 10 rings (SSSR count). The Morgan fingerprint density at radius 2 is 1.39 bits per heavy atom. The van der Waals surface area contributed by atoms with Gasteiger partial charge in [-0.25, -0.2) is 0 Å². The number of anilines is 2. The van der Waals surface area contributed by atoms with Crippen molar-refractivity contribution in [3.8, 4) is 11.1 Å². The van der Waals surface area contributed by atoms with Crippen LogP contribution in [0.15, 0.2) is 176 Å². The highest BCUT2D eigenvalue weighted by Crippen LogP contribution is 2.50. The van der Waals surface area contributed by atoms with Crippen molar-refractivity contribution in [3.05, 3.63) is 215 Å². The number of nitrogens with zero attached hydrogens (tertiary/aromatic N) is 1. The van der Waals surface area contributed by atoms with Crippen LogP contribution in [0.3, 0.4) is 0 Å². The zero-order chi connectivity index (χ0) is 36.2. The smallest absolute Gasteiger partial charge is 0.0461 e. The molecule has 0 aromatic heterocycles. The lowest BCUT2D eigenvalue weighted by molar-refractivity contribution is 0.660. The average Bonchev–Trinajstić information content (AvgIpc) is 3.46. The van der Waals surface area contributed by atoms with E-state index in [0.29, 0.717) is 11.8 Å². The Hall–Kier alpha value is -5.92. The molecule has 0 saturated heterocycles. The molecule has 6 aromatic carbocycles. The number of hydrogen-bond donors (Lipinski definition) is 0. The van der Waals surface area contributed by atoms with Gasteiger partial charge in [0.25, 0.3) is 0 Å². The van der Waals surface area contributed by atoms with Gasteiger partial charge in [-0.05, 0) is 122 Å². The maximum Gasteiger partial charge on any atom is 0.0461 e. The molecule has 0 bridgehead atoms. The van der Waals surface area contributed by atoms with E-state index in [9.17, 15) is 0 Å². The summed E-state index contributed by atoms with van der Waals surface area (Å²) in [5.41, 5.74) is 17.5. The van der Waals surface area contributed by atoms with Gasteiger partial charge in [-0.2, -0.15) is 0 Å². The summed E-state index contributed by atoms with van der Waals surface area (Å²) in [6, 6.07) is 47.9. The number of aryl methyl sites for hydroxylation is 1. The van der Waals surface area contributed by atoms with E-state index >= 15 is 0 Å². The van der Waals surface area contributed by atoms with Gasteiger partial charge in [0.15, 0.2) is 0 Å². The van der Waals surface area contributed by atoms with E-state index in [0.717, 1.165) is 25.7 Å². The van der Waals surface area contributed by atoms with Crippen molar-refractivity contribution in [2.45, 2.75) is 56.8 Å². The molecule has 262 valence electrons. The highest BCUT2D eigenvalue weighted by molar-refractivity contribution is 5.93. The molecule has 4 aliphatic rings. The third kappa shape index (κ3) is 5.53. The minimum atomic E-state index is -0.0531. The molecule has 0 heterocycles. The van der Waals surface area contributed by atoms with Crippen molar-refractivity contribution < 1.29 is 0 Å². The third-order valence-corrected chi connectivity index (χ3v) is 12.5. The van der Waals surface area contributed by atoms with E-state index in [1.54, 1.807) is 0 Å². The van der Waals surface area contributed by atoms with Crippen LogP contribution in [0.4, 0.5) is 11.4 Å². The summed E-state index contributed by atoms with van der Waals surface area (Å²) in [4.78, 5) is 2.52. The molecule has 6 aromatic rings. The maximum atomic E-state index is 2.52. The van der Waals surface area contributed by atoms with Crippen LogP contribution in [0.25, 0.3) is 33.5 Å². The first-order chi connectivity index (χ1) is 26.5. The van der Waals surface area contributed by atoms with Crippen LogP contribution in [-0.2, 0) is 11.8 Å². The van der Waals surface area contributed by atoms with Gasteiger partial charge < -0.3 is 4.90 Å². The highest BCUT2D eigenvalue weighted by Gasteiger charge is 2.36. The Morgan fingerprint density at radius 3 is 2.24 bits per heavy atom. The molecule has 54 heavy (non-hydrogen) atoms. The van der Waals surface area contributed by atoms with Crippen molar-refractivity contribution in [1.82, 2.24) is 0 Å². The van der Waals surface area contributed by atoms with Crippen molar-refractivity contribution in [3.63, 3.8) is 0 Å². The first-order valence-electron chi connectivity index (χ1n) is 19.7. The van der Waals surface area contributed by atoms with Crippen LogP contribution in [-0.4, -0.2) is 0 Å². The van der Waals surface area contributed by atoms with Crippen LogP contribution in [0.1, 0.15) is 83.9 Å². The minimum absolute atomic E-state index is 0.0531. The quantitative estimate of drug-likeness (QED) is 0.168. The SMILES string of the molecule is CC1(C)c2ccccc2-c2ccc(N(C3=Cc4ccccc4CC3)c3ccc(C4C=CC(c5ccc6ccccc6c5C5C=CC=CC5)=CC4)cc3)cc21. The highest BCUT2D eigenvalue weighted by atomic mass is 15.1. The molecular weight excluding hydrogens is 651 g/mol. The van der Waals surface area contributed by atoms with E-state index < -0.39 is 0 Å². The van der Waals surface area contributed by atoms with Crippen molar-refractivity contribution in [2.24, 2.45) is 0 Å². The fraction of sp³-hybridized carbons (Fsp3) is 0.170. The normalized spacial score (nSPS) is 19.1. The molecule has 0 amide bonds. The zero-order valence-corrected chi connectivity index (χ0v) is 31.2. The van der Waals surface area contributed by atoms with Gasteiger partial charge in [-0.3, -0.25) is 0 Å². The van der Waals surface area contributed by atoms with E-state index in [1.807, 2.05) is 0 Å². The summed E-state index contributed by atoms with van der Waals surface area (Å²) in [7, 11) is 0. The number of benzene rings is 6. The molecule has 0 radical (unpaired) electrons. The molecule has 0 aliphatic heterocycles. The molecule has 1 heteroatoms. The summed E-state index contributed by atoms with van der Waals surface area (Å²) in [6.45, 7) is 4.75. The Morgan fingerprint density at radius 1 is 0.611 bits per heavy atom. The van der Waals surface area contributed by atoms with Crippen molar-refractivity contribution >= 4 is 33.8 Å². The molecule has 2 atom stereocenters. The Labute approximate surface area is 320 Å². The van der Waals surface area contributed by atoms with E-state index in [4.69, 9.17) is 0 Å². The van der Waals surface area contributed by atoms with Gasteiger partial charge in [-0.15, -0.1) is 0 Å². The van der Waals surface area contributed by atoms with Gasteiger partial charge in [0.2, 0.25) is 0 Å². The first-order valence-corrected chi connectivity index (χ1v) is 19.7. The summed E-state index contributed by atoms with van der Waals surface area (Å²) in [5.74, 6) is 0.733. The lowest BCUT2D eigenvalue weighted by atomic mass is 9.81. The van der Waals surface area contributed by atoms with Gasteiger partial charge >= 0.3 is 0 Å². The van der Waals surface area contributed by atoms with E-state index in [2.05, 4.69) is 195 Å². The number of allylic oxidation sites excluding steroid dienone is 9. The Balaban J connectivity index is 0.977. The largest absolute Gasteiger partial charge is 0.314 e. The molecular formula is C53H45N. The second-order valence-corrected chi connectivity index (χ2v) is 15.9. The predicted octanol–water partition coefficient (Wildman–Crippen LogP) is 14.0. The second kappa shape index (κ2) is 13.2. The van der Waals surface area contributed by atoms with Gasteiger partial charge in [0.1, 0.15) is 0 Å². The van der Waals surface area contributed by atoms with Gasteiger partial charge in [0.05, 0.1) is 0 Å². The number of rotatable bonds is 6. The van der Waals surface area contributed by atoms with Crippen LogP contribution < -0.4 is 4.90 Å². The lowest BCUT2D eigenvalue weighted by Gasteiger charge is -2.32. The summed E-state index contributed by atoms with van der Waals surface area (Å²) >= 11 is 0. The summed E-state index contributed by atoms with van der Waals surface area (Å²) in [6.07, 6.45) is 22.8. The average molecular weight is 696 g/mol. The fourth-order valence-corrected chi connectivity index (χ4v) is 9.58. The summed E-state index contributed by atoms with van der Waals surface area (Å²) < 4.78 is 0. The van der Waals surface area contributed by atoms with Crippen LogP contribution in [0.2, 0.25) is 0 Å². The van der Waals surface area contributed by atoms with Crippen LogP contribution in [0.5, 0.6) is 0 Å². The van der Waals surface area contributed by atoms with Gasteiger partial charge in [0, 0.05) is 34.3 Å². The minimum Gasteiger partial charge on any atom is -0.314 e. The molecule has 0 saturated carbocycles. The monoisotopic (exact) mass is 695 g/mol. The van der Waals surface area contributed by atoms with E-state index in [1.165, 1.54) is 83.5 Å². The first kappa shape index (κ1) is 32.7. The molecule has 0 spiro atoms. The second-order valence-electron chi connectivity index (χ2n) is 15.9. The summed E-state index contributed by atoms with van der Waals surface area (Å²) in [5, 5.41) is 2.68. The number of hydrogen-bond acceptors (Lipinski definition) is 1. The lowest BCUT2D eigenvalue weighted by Crippen LogP contribution is -2.20. The Bertz CT molecular complexity index is 2590. The molecule has 4 aliphatic carbocycles. The topological polar surface area (TPSA) is 3.24 Å². The third-order valence-electron chi connectivity index (χ3n) is 12.5. The standard InChI is InChI=1S/C53H45N/c1-53(2)50-19-11-10-18-48(50)49-33-31-45(35-51(49)53)54(44-30-26-36-12-6-7-16-42(36)34-44)43-28-24-38(25-29-43)37-20-22-40(23-21-37)47-32-27-39-13-8-9-17-46(39)52(47)41-14-4-3-5-15-41/h3-14,16-20,22-25,27-29,31-35,37,41H,15,21,26,30H2,1-2H3. The zero-order valence-electron chi connectivity index (χ0n) is 31.2. The van der Waals surface area contributed by atoms with Crippen molar-refractivity contribution in [1.29, 1.82) is 0 Å². The Kier molecular flexibility index (Phi) is 7.99. The maximum absolute atomic E-state index is 2.52. The van der Waals surface area contributed by atoms with E-state index in [-0.39, 0.29) is 5.41 Å². The molecule has 0 N–H and O–H groups in total. The predicted molar refractivity (Wildman–Crippen MR) is 229 cm³/mol. The number of fused-ring (bicyclic) bond motifs is 5. The fourth-order valence-electron chi connectivity index (χ4n) is 9.58. The molecule has 2 unspecified atom stereocenters. The van der Waals surface area contributed by atoms with Crippen molar-refractivity contribution in [2.75, 3.05) is 4.90 Å². The molecule has 0 fully saturated rings.